The molecule has 1 aromatic carbocycles. The van der Waals surface area contributed by atoms with Crippen molar-refractivity contribution in [1.29, 1.82) is 0 Å². The molecule has 0 aromatic heterocycles. The fourth-order valence-electron chi connectivity index (χ4n) is 4.12. The van der Waals surface area contributed by atoms with Crippen LogP contribution in [0.2, 0.25) is 0 Å². The zero-order chi connectivity index (χ0) is 25.6. The SMILES string of the molecule is CCCCCCCCC(=O)N[C@@H](C(=O)NCCCCCCCCCCC(=O)OC)c1ccccc1. The van der Waals surface area contributed by atoms with Gasteiger partial charge in [0.25, 0.3) is 0 Å². The van der Waals surface area contributed by atoms with Crippen LogP contribution >= 0.6 is 0 Å². The van der Waals surface area contributed by atoms with E-state index in [1.165, 1.54) is 45.6 Å². The molecule has 2 amide bonds. The van der Waals surface area contributed by atoms with Crippen LogP contribution in [0.25, 0.3) is 0 Å². The summed E-state index contributed by atoms with van der Waals surface area (Å²) in [5.74, 6) is -0.326. The second kappa shape index (κ2) is 21.0. The van der Waals surface area contributed by atoms with Crippen molar-refractivity contribution in [2.45, 2.75) is 116 Å². The van der Waals surface area contributed by atoms with E-state index in [1.807, 2.05) is 30.3 Å². The molecule has 198 valence electrons. The van der Waals surface area contributed by atoms with Crippen LogP contribution in [0.3, 0.4) is 0 Å². The molecular formula is C29H48N2O4. The van der Waals surface area contributed by atoms with Crippen LogP contribution in [0, 0.1) is 0 Å². The maximum absolute atomic E-state index is 12.9. The third kappa shape index (κ3) is 16.0. The monoisotopic (exact) mass is 488 g/mol. The average molecular weight is 489 g/mol. The number of rotatable bonds is 21. The number of amides is 2. The number of methoxy groups -OCH3 is 1. The van der Waals surface area contributed by atoms with Crippen molar-refractivity contribution in [2.75, 3.05) is 13.7 Å². The van der Waals surface area contributed by atoms with Gasteiger partial charge in [-0.15, -0.1) is 0 Å². The first-order chi connectivity index (χ1) is 17.1. The fourth-order valence-corrected chi connectivity index (χ4v) is 4.12. The van der Waals surface area contributed by atoms with E-state index in [2.05, 4.69) is 22.3 Å². The van der Waals surface area contributed by atoms with Gasteiger partial charge in [0.05, 0.1) is 7.11 Å². The average Bonchev–Trinajstić information content (AvgIpc) is 2.88. The number of carbonyl (C=O) groups is 3. The molecule has 0 radical (unpaired) electrons. The fraction of sp³-hybridized carbons (Fsp3) is 0.690. The van der Waals surface area contributed by atoms with Gasteiger partial charge in [-0.25, -0.2) is 0 Å². The van der Waals surface area contributed by atoms with Crippen LogP contribution in [-0.2, 0) is 19.1 Å². The Labute approximate surface area is 213 Å². The lowest BCUT2D eigenvalue weighted by Crippen LogP contribution is -2.40. The van der Waals surface area contributed by atoms with Gasteiger partial charge in [-0.05, 0) is 24.8 Å². The molecule has 0 spiro atoms. The molecule has 6 heteroatoms. The van der Waals surface area contributed by atoms with Crippen molar-refractivity contribution >= 4 is 17.8 Å². The first-order valence-electron chi connectivity index (χ1n) is 13.8. The molecule has 1 aromatic rings. The van der Waals surface area contributed by atoms with Gasteiger partial charge in [-0.2, -0.15) is 0 Å². The molecule has 0 bridgehead atoms. The van der Waals surface area contributed by atoms with E-state index in [4.69, 9.17) is 0 Å². The van der Waals surface area contributed by atoms with E-state index in [0.717, 1.165) is 56.9 Å². The number of esters is 1. The van der Waals surface area contributed by atoms with Gasteiger partial charge in [0.15, 0.2) is 0 Å². The smallest absolute Gasteiger partial charge is 0.305 e. The summed E-state index contributed by atoms with van der Waals surface area (Å²) in [5.41, 5.74) is 0.813. The van der Waals surface area contributed by atoms with E-state index >= 15 is 0 Å². The lowest BCUT2D eigenvalue weighted by atomic mass is 10.0. The maximum Gasteiger partial charge on any atom is 0.305 e. The molecule has 1 atom stereocenters. The molecule has 6 nitrogen and oxygen atoms in total. The molecule has 1 rings (SSSR count). The van der Waals surface area contributed by atoms with Crippen LogP contribution in [0.15, 0.2) is 30.3 Å². The van der Waals surface area contributed by atoms with Crippen LogP contribution in [0.1, 0.15) is 121 Å². The number of hydrogen-bond acceptors (Lipinski definition) is 4. The quantitative estimate of drug-likeness (QED) is 0.155. The highest BCUT2D eigenvalue weighted by Gasteiger charge is 2.22. The first-order valence-corrected chi connectivity index (χ1v) is 13.8. The van der Waals surface area contributed by atoms with Crippen LogP contribution in [0.5, 0.6) is 0 Å². The topological polar surface area (TPSA) is 84.5 Å². The maximum atomic E-state index is 12.9. The van der Waals surface area contributed by atoms with Gasteiger partial charge in [-0.1, -0.05) is 108 Å². The molecule has 0 saturated carbocycles. The Hall–Kier alpha value is -2.37. The minimum absolute atomic E-state index is 0.0592. The largest absolute Gasteiger partial charge is 0.469 e. The normalized spacial score (nSPS) is 11.6. The lowest BCUT2D eigenvalue weighted by molar-refractivity contribution is -0.140. The summed E-state index contributed by atoms with van der Waals surface area (Å²) in [6, 6.07) is 8.83. The van der Waals surface area contributed by atoms with Crippen molar-refractivity contribution in [3.8, 4) is 0 Å². The van der Waals surface area contributed by atoms with E-state index in [-0.39, 0.29) is 17.8 Å². The highest BCUT2D eigenvalue weighted by molar-refractivity contribution is 5.88. The second-order valence-electron chi connectivity index (χ2n) is 9.37. The molecule has 0 aliphatic carbocycles. The third-order valence-electron chi connectivity index (χ3n) is 6.29. The predicted molar refractivity (Wildman–Crippen MR) is 142 cm³/mol. The molecule has 0 unspecified atom stereocenters. The minimum atomic E-state index is -0.645. The number of nitrogens with one attached hydrogen (secondary N) is 2. The Morgan fingerprint density at radius 3 is 1.89 bits per heavy atom. The summed E-state index contributed by atoms with van der Waals surface area (Å²) in [6.07, 6.45) is 16.4. The van der Waals surface area contributed by atoms with Gasteiger partial charge in [-0.3, -0.25) is 14.4 Å². The molecular weight excluding hydrogens is 440 g/mol. The highest BCUT2D eigenvalue weighted by Crippen LogP contribution is 2.15. The third-order valence-corrected chi connectivity index (χ3v) is 6.29. The van der Waals surface area contributed by atoms with Crippen molar-refractivity contribution in [3.05, 3.63) is 35.9 Å². The first kappa shape index (κ1) is 30.7. The van der Waals surface area contributed by atoms with E-state index in [0.29, 0.717) is 19.4 Å². The van der Waals surface area contributed by atoms with Gasteiger partial charge in [0, 0.05) is 19.4 Å². The summed E-state index contributed by atoms with van der Waals surface area (Å²) < 4.78 is 4.65. The summed E-state index contributed by atoms with van der Waals surface area (Å²) in [4.78, 5) is 36.5. The van der Waals surface area contributed by atoms with E-state index in [9.17, 15) is 14.4 Å². The zero-order valence-corrected chi connectivity index (χ0v) is 22.1. The molecule has 0 saturated heterocycles. The number of ether oxygens (including phenoxy) is 1. The minimum Gasteiger partial charge on any atom is -0.469 e. The summed E-state index contributed by atoms with van der Waals surface area (Å²) >= 11 is 0. The van der Waals surface area contributed by atoms with Gasteiger partial charge in [0.1, 0.15) is 6.04 Å². The standard InChI is InChI=1S/C29H48N2O4/c1-3-4-5-6-11-17-22-26(32)31-28(25-20-15-14-16-21-25)29(34)30-24-19-13-10-8-7-9-12-18-23-27(33)35-2/h14-16,20-21,28H,3-13,17-19,22-24H2,1-2H3,(H,30,34)(H,31,32)/t28-/m1/s1. The number of hydrogen-bond donors (Lipinski definition) is 2. The zero-order valence-electron chi connectivity index (χ0n) is 22.1. The lowest BCUT2D eigenvalue weighted by Gasteiger charge is -2.19. The summed E-state index contributed by atoms with van der Waals surface area (Å²) in [5, 5.41) is 5.97. The van der Waals surface area contributed by atoms with Gasteiger partial charge in [0.2, 0.25) is 11.8 Å². The van der Waals surface area contributed by atoms with Gasteiger partial charge < -0.3 is 15.4 Å². The highest BCUT2D eigenvalue weighted by atomic mass is 16.5. The Balaban J connectivity index is 2.25. The molecule has 0 aliphatic rings. The summed E-state index contributed by atoms with van der Waals surface area (Å²) in [7, 11) is 1.43. The van der Waals surface area contributed by atoms with Crippen molar-refractivity contribution in [1.82, 2.24) is 10.6 Å². The number of benzene rings is 1. The van der Waals surface area contributed by atoms with E-state index in [1.54, 1.807) is 0 Å². The van der Waals surface area contributed by atoms with E-state index < -0.39 is 6.04 Å². The molecule has 35 heavy (non-hydrogen) atoms. The van der Waals surface area contributed by atoms with Crippen LogP contribution in [0.4, 0.5) is 0 Å². The number of unbranched alkanes of at least 4 members (excludes halogenated alkanes) is 12. The molecule has 0 heterocycles. The number of carbonyl (C=O) groups excluding carboxylic acids is 3. The van der Waals surface area contributed by atoms with Crippen LogP contribution in [-0.4, -0.2) is 31.4 Å². The van der Waals surface area contributed by atoms with Gasteiger partial charge >= 0.3 is 5.97 Å². The molecule has 0 aliphatic heterocycles. The Bertz CT molecular complexity index is 693. The van der Waals surface area contributed by atoms with Crippen molar-refractivity contribution in [2.24, 2.45) is 0 Å². The van der Waals surface area contributed by atoms with Crippen LogP contribution < -0.4 is 10.6 Å². The Morgan fingerprint density at radius 2 is 1.29 bits per heavy atom. The van der Waals surface area contributed by atoms with Crippen molar-refractivity contribution < 1.29 is 19.1 Å². The summed E-state index contributed by atoms with van der Waals surface area (Å²) in [6.45, 7) is 2.82. The Kier molecular flexibility index (Phi) is 18.4. The predicted octanol–water partition coefficient (Wildman–Crippen LogP) is 6.39. The molecule has 2 N–H and O–H groups in total. The van der Waals surface area contributed by atoms with Crippen molar-refractivity contribution in [3.63, 3.8) is 0 Å². The second-order valence-corrected chi connectivity index (χ2v) is 9.37. The molecule has 0 fully saturated rings. The Morgan fingerprint density at radius 1 is 0.743 bits per heavy atom.